The highest BCUT2D eigenvalue weighted by atomic mass is 32.2. The zero-order valence-electron chi connectivity index (χ0n) is 16.5. The maximum absolute atomic E-state index is 14.7. The number of hydrogen-bond donors (Lipinski definition) is 1. The fraction of sp³-hybridized carbons (Fsp3) is 0.368. The first-order valence-corrected chi connectivity index (χ1v) is 11.3. The number of hydrogen-bond acceptors (Lipinski definition) is 6. The lowest BCUT2D eigenvalue weighted by Gasteiger charge is -2.18. The van der Waals surface area contributed by atoms with E-state index in [0.717, 1.165) is 12.3 Å². The zero-order valence-corrected chi connectivity index (χ0v) is 17.3. The van der Waals surface area contributed by atoms with Crippen molar-refractivity contribution in [1.82, 2.24) is 14.6 Å². The standard InChI is InChI=1S/C19H17F5N4O3S/c1-32(29,30)27-15-8-28(7-14(15)24)17-5-16(31-26-17)18-11(2-9(20)3-12(18)22)19-13(23)4-10(21)6-25-19/h2-4,6,14-16,27H,5,7-8H2,1H3/t14-,15+,16?/m0/s1. The highest BCUT2D eigenvalue weighted by Crippen LogP contribution is 2.38. The Bertz CT molecular complexity index is 1190. The summed E-state index contributed by atoms with van der Waals surface area (Å²) in [6.07, 6.45) is -1.08. The van der Waals surface area contributed by atoms with Crippen LogP contribution in [0.15, 0.2) is 29.6 Å². The molecule has 13 heteroatoms. The van der Waals surface area contributed by atoms with Gasteiger partial charge >= 0.3 is 0 Å². The van der Waals surface area contributed by atoms with E-state index in [1.54, 1.807) is 0 Å². The second-order valence-corrected chi connectivity index (χ2v) is 9.34. The molecule has 1 unspecified atom stereocenters. The second kappa shape index (κ2) is 8.28. The maximum Gasteiger partial charge on any atom is 0.209 e. The predicted octanol–water partition coefficient (Wildman–Crippen LogP) is 2.65. The van der Waals surface area contributed by atoms with Crippen LogP contribution in [0.4, 0.5) is 22.0 Å². The molecule has 1 N–H and O–H groups in total. The Kier molecular flexibility index (Phi) is 5.79. The Morgan fingerprint density at radius 2 is 1.81 bits per heavy atom. The van der Waals surface area contributed by atoms with Crippen molar-refractivity contribution in [2.75, 3.05) is 19.3 Å². The average Bonchev–Trinajstić information content (AvgIpc) is 3.27. The molecule has 1 fully saturated rings. The van der Waals surface area contributed by atoms with E-state index in [9.17, 15) is 30.4 Å². The fourth-order valence-electron chi connectivity index (χ4n) is 3.79. The SMILES string of the molecule is CS(=O)(=O)N[C@@H]1CN(C2=NOC(c3c(F)cc(F)cc3-c3ncc(F)cc3F)C2)C[C@@H]1F. The summed E-state index contributed by atoms with van der Waals surface area (Å²) in [5.41, 5.74) is -0.993. The lowest BCUT2D eigenvalue weighted by Crippen LogP contribution is -2.41. The molecule has 0 saturated carbocycles. The van der Waals surface area contributed by atoms with E-state index in [1.165, 1.54) is 4.90 Å². The third kappa shape index (κ3) is 4.53. The molecule has 0 radical (unpaired) electrons. The van der Waals surface area contributed by atoms with Crippen molar-refractivity contribution >= 4 is 15.9 Å². The Morgan fingerprint density at radius 3 is 2.50 bits per heavy atom. The van der Waals surface area contributed by atoms with Crippen molar-refractivity contribution < 1.29 is 35.2 Å². The number of aromatic nitrogens is 1. The van der Waals surface area contributed by atoms with Gasteiger partial charge in [-0.1, -0.05) is 5.16 Å². The Morgan fingerprint density at radius 1 is 1.09 bits per heavy atom. The van der Waals surface area contributed by atoms with Crippen LogP contribution in [-0.2, 0) is 14.9 Å². The van der Waals surface area contributed by atoms with Crippen LogP contribution in [0.3, 0.4) is 0 Å². The van der Waals surface area contributed by atoms with Gasteiger partial charge in [-0.3, -0.25) is 4.98 Å². The monoisotopic (exact) mass is 476 g/mol. The largest absolute Gasteiger partial charge is 0.386 e. The van der Waals surface area contributed by atoms with Crippen LogP contribution >= 0.6 is 0 Å². The number of benzene rings is 1. The quantitative estimate of drug-likeness (QED) is 0.687. The Balaban J connectivity index is 1.59. The summed E-state index contributed by atoms with van der Waals surface area (Å²) >= 11 is 0. The summed E-state index contributed by atoms with van der Waals surface area (Å²) in [7, 11) is -3.64. The van der Waals surface area contributed by atoms with E-state index < -0.39 is 57.3 Å². The molecule has 2 aromatic rings. The maximum atomic E-state index is 14.7. The lowest BCUT2D eigenvalue weighted by molar-refractivity contribution is 0.0831. The molecular weight excluding hydrogens is 459 g/mol. The highest BCUT2D eigenvalue weighted by Gasteiger charge is 2.40. The molecule has 0 bridgehead atoms. The number of halogens is 5. The summed E-state index contributed by atoms with van der Waals surface area (Å²) in [6.45, 7) is -0.203. The minimum Gasteiger partial charge on any atom is -0.386 e. The van der Waals surface area contributed by atoms with Crippen LogP contribution in [0.2, 0.25) is 0 Å². The molecule has 3 heterocycles. The molecule has 7 nitrogen and oxygen atoms in total. The van der Waals surface area contributed by atoms with Gasteiger partial charge in [0.05, 0.1) is 31.5 Å². The van der Waals surface area contributed by atoms with Gasteiger partial charge in [0.25, 0.3) is 0 Å². The topological polar surface area (TPSA) is 83.9 Å². The van der Waals surface area contributed by atoms with Crippen molar-refractivity contribution in [1.29, 1.82) is 0 Å². The van der Waals surface area contributed by atoms with Crippen LogP contribution in [0.25, 0.3) is 11.3 Å². The minimum absolute atomic E-state index is 0.0317. The van der Waals surface area contributed by atoms with Gasteiger partial charge < -0.3 is 9.74 Å². The predicted molar refractivity (Wildman–Crippen MR) is 104 cm³/mol. The third-order valence-electron chi connectivity index (χ3n) is 5.11. The van der Waals surface area contributed by atoms with Crippen molar-refractivity contribution in [2.45, 2.75) is 24.7 Å². The lowest BCUT2D eigenvalue weighted by atomic mass is 9.96. The number of pyridine rings is 1. The minimum atomic E-state index is -3.64. The van der Waals surface area contributed by atoms with Gasteiger partial charge in [0.1, 0.15) is 35.2 Å². The summed E-state index contributed by atoms with van der Waals surface area (Å²) in [6, 6.07) is 0.971. The van der Waals surface area contributed by atoms with Gasteiger partial charge in [-0.05, 0) is 6.07 Å². The molecule has 172 valence electrons. The summed E-state index contributed by atoms with van der Waals surface area (Å²) in [5, 5.41) is 3.84. The smallest absolute Gasteiger partial charge is 0.209 e. The fourth-order valence-corrected chi connectivity index (χ4v) is 4.56. The Labute approximate surface area is 179 Å². The van der Waals surface area contributed by atoms with Gasteiger partial charge in [0.2, 0.25) is 10.0 Å². The van der Waals surface area contributed by atoms with E-state index in [4.69, 9.17) is 4.84 Å². The molecule has 0 amide bonds. The molecule has 1 aromatic heterocycles. The van der Waals surface area contributed by atoms with Crippen LogP contribution in [0.1, 0.15) is 18.1 Å². The average molecular weight is 476 g/mol. The molecule has 1 aromatic carbocycles. The Hall–Kier alpha value is -2.80. The van der Waals surface area contributed by atoms with Gasteiger partial charge in [-0.2, -0.15) is 0 Å². The van der Waals surface area contributed by atoms with Crippen LogP contribution in [0.5, 0.6) is 0 Å². The third-order valence-corrected chi connectivity index (χ3v) is 5.84. The van der Waals surface area contributed by atoms with Crippen molar-refractivity contribution in [3.63, 3.8) is 0 Å². The highest BCUT2D eigenvalue weighted by molar-refractivity contribution is 7.88. The first kappa shape index (κ1) is 22.4. The first-order chi connectivity index (χ1) is 15.0. The summed E-state index contributed by atoms with van der Waals surface area (Å²) in [4.78, 5) is 10.3. The molecular formula is C19H17F5N4O3S. The number of nitrogens with zero attached hydrogens (tertiary/aromatic N) is 3. The molecule has 1 saturated heterocycles. The van der Waals surface area contributed by atoms with Gasteiger partial charge in [-0.25, -0.2) is 35.1 Å². The van der Waals surface area contributed by atoms with Crippen molar-refractivity contribution in [3.8, 4) is 11.3 Å². The molecule has 2 aliphatic heterocycles. The molecule has 0 spiro atoms. The van der Waals surface area contributed by atoms with Crippen molar-refractivity contribution in [3.05, 3.63) is 53.2 Å². The number of likely N-dealkylation sites (tertiary alicyclic amines) is 1. The number of nitrogens with one attached hydrogen (secondary N) is 1. The van der Waals surface area contributed by atoms with E-state index in [0.29, 0.717) is 18.3 Å². The van der Waals surface area contributed by atoms with Gasteiger partial charge in [0, 0.05) is 29.8 Å². The van der Waals surface area contributed by atoms with Crippen LogP contribution in [-0.4, -0.2) is 55.7 Å². The van der Waals surface area contributed by atoms with E-state index in [1.807, 2.05) is 0 Å². The number of alkyl halides is 1. The number of amidine groups is 1. The molecule has 32 heavy (non-hydrogen) atoms. The van der Waals surface area contributed by atoms with Crippen LogP contribution < -0.4 is 4.72 Å². The normalized spacial score (nSPS) is 23.4. The van der Waals surface area contributed by atoms with E-state index in [-0.39, 0.29) is 36.5 Å². The number of oxime groups is 1. The van der Waals surface area contributed by atoms with Crippen molar-refractivity contribution in [2.24, 2.45) is 5.16 Å². The van der Waals surface area contributed by atoms with E-state index >= 15 is 0 Å². The summed E-state index contributed by atoms with van der Waals surface area (Å²) in [5.74, 6) is -3.91. The van der Waals surface area contributed by atoms with Crippen LogP contribution in [0, 0.1) is 23.3 Å². The second-order valence-electron chi connectivity index (χ2n) is 7.56. The molecule has 4 rings (SSSR count). The zero-order chi connectivity index (χ0) is 23.2. The molecule has 0 aliphatic carbocycles. The molecule has 2 aliphatic rings. The number of rotatable bonds is 4. The first-order valence-electron chi connectivity index (χ1n) is 9.41. The number of sulfonamides is 1. The summed E-state index contributed by atoms with van der Waals surface area (Å²) < 4.78 is 95.4. The van der Waals surface area contributed by atoms with Gasteiger partial charge in [-0.15, -0.1) is 0 Å². The van der Waals surface area contributed by atoms with Gasteiger partial charge in [0.15, 0.2) is 11.9 Å². The van der Waals surface area contributed by atoms with E-state index in [2.05, 4.69) is 14.9 Å². The molecule has 3 atom stereocenters.